The predicted molar refractivity (Wildman–Crippen MR) is 110 cm³/mol. The largest absolute Gasteiger partial charge is 0.439 e. The molecule has 1 heterocycles. The number of aromatic nitrogens is 1. The minimum atomic E-state index is -4.49. The van der Waals surface area contributed by atoms with Gasteiger partial charge in [-0.3, -0.25) is 9.69 Å². The van der Waals surface area contributed by atoms with Gasteiger partial charge in [0.1, 0.15) is 11.5 Å². The SMILES string of the molecule is CN(C(=O)Oc1ccc(Oc2ccc(C(F)(F)F)cn2)cc1)c1ccc(Cl)cc1C(N)=O. The van der Waals surface area contributed by atoms with Gasteiger partial charge in [-0.15, -0.1) is 0 Å². The van der Waals surface area contributed by atoms with Gasteiger partial charge in [0.2, 0.25) is 5.88 Å². The molecule has 0 saturated heterocycles. The van der Waals surface area contributed by atoms with Crippen molar-refractivity contribution < 1.29 is 32.2 Å². The lowest BCUT2D eigenvalue weighted by atomic mass is 10.1. The first kappa shape index (κ1) is 22.9. The third kappa shape index (κ3) is 5.46. The molecule has 0 saturated carbocycles. The number of carbonyl (C=O) groups is 2. The van der Waals surface area contributed by atoms with Crippen LogP contribution in [0.2, 0.25) is 5.02 Å². The average molecular weight is 466 g/mol. The van der Waals surface area contributed by atoms with Crippen molar-refractivity contribution in [2.75, 3.05) is 11.9 Å². The van der Waals surface area contributed by atoms with E-state index < -0.39 is 23.7 Å². The third-order valence-electron chi connectivity index (χ3n) is 4.17. The third-order valence-corrected chi connectivity index (χ3v) is 4.41. The molecule has 32 heavy (non-hydrogen) atoms. The monoisotopic (exact) mass is 465 g/mol. The second kappa shape index (κ2) is 9.15. The number of carbonyl (C=O) groups excluding carboxylic acids is 2. The maximum atomic E-state index is 12.6. The van der Waals surface area contributed by atoms with Crippen LogP contribution in [0.25, 0.3) is 0 Å². The molecule has 2 amide bonds. The molecule has 0 spiro atoms. The van der Waals surface area contributed by atoms with E-state index in [1.54, 1.807) is 0 Å². The molecule has 3 rings (SSSR count). The van der Waals surface area contributed by atoms with Crippen LogP contribution < -0.4 is 20.1 Å². The van der Waals surface area contributed by atoms with Gasteiger partial charge in [-0.1, -0.05) is 11.6 Å². The van der Waals surface area contributed by atoms with Crippen LogP contribution in [0.15, 0.2) is 60.8 Å². The van der Waals surface area contributed by atoms with E-state index in [0.29, 0.717) is 6.20 Å². The molecule has 7 nitrogen and oxygen atoms in total. The van der Waals surface area contributed by atoms with Crippen LogP contribution >= 0.6 is 11.6 Å². The van der Waals surface area contributed by atoms with Crippen LogP contribution in [0.5, 0.6) is 17.4 Å². The summed E-state index contributed by atoms with van der Waals surface area (Å²) in [4.78, 5) is 28.8. The molecule has 0 aliphatic heterocycles. The Bertz CT molecular complexity index is 1140. The van der Waals surface area contributed by atoms with E-state index in [1.807, 2.05) is 0 Å². The summed E-state index contributed by atoms with van der Waals surface area (Å²) in [5.74, 6) is -0.381. The molecule has 0 unspecified atom stereocenters. The number of amides is 2. The Morgan fingerprint density at radius 2 is 1.69 bits per heavy atom. The van der Waals surface area contributed by atoms with E-state index in [-0.39, 0.29) is 33.7 Å². The lowest BCUT2D eigenvalue weighted by molar-refractivity contribution is -0.137. The van der Waals surface area contributed by atoms with Crippen LogP contribution in [-0.2, 0) is 6.18 Å². The molecule has 2 aromatic carbocycles. The molecular weight excluding hydrogens is 451 g/mol. The molecule has 0 bridgehead atoms. The van der Waals surface area contributed by atoms with E-state index in [0.717, 1.165) is 17.0 Å². The Hall–Kier alpha value is -3.79. The fourth-order valence-electron chi connectivity index (χ4n) is 2.57. The predicted octanol–water partition coefficient (Wildman–Crippen LogP) is 5.28. The Morgan fingerprint density at radius 3 is 2.25 bits per heavy atom. The summed E-state index contributed by atoms with van der Waals surface area (Å²) in [7, 11) is 1.39. The van der Waals surface area contributed by atoms with Crippen molar-refractivity contribution in [3.05, 3.63) is 76.9 Å². The first-order valence-electron chi connectivity index (χ1n) is 8.90. The Labute approximate surface area is 185 Å². The summed E-state index contributed by atoms with van der Waals surface area (Å²) < 4.78 is 48.4. The number of ether oxygens (including phenoxy) is 2. The summed E-state index contributed by atoms with van der Waals surface area (Å²) in [6, 6.07) is 12.0. The van der Waals surface area contributed by atoms with E-state index >= 15 is 0 Å². The van der Waals surface area contributed by atoms with Crippen LogP contribution in [-0.4, -0.2) is 24.0 Å². The van der Waals surface area contributed by atoms with Crippen molar-refractivity contribution in [3.63, 3.8) is 0 Å². The van der Waals surface area contributed by atoms with Crippen LogP contribution in [0, 0.1) is 0 Å². The van der Waals surface area contributed by atoms with E-state index in [9.17, 15) is 22.8 Å². The standard InChI is InChI=1S/C21H15ClF3N3O4/c1-28(17-8-3-13(22)10-16(17)19(26)29)20(30)32-15-6-4-14(5-7-15)31-18-9-2-12(11-27-18)21(23,24)25/h2-11H,1H3,(H2,26,29). The fraction of sp³-hybridized carbons (Fsp3) is 0.0952. The second-order valence-corrected chi connectivity index (χ2v) is 6.85. The van der Waals surface area contributed by atoms with Crippen molar-refractivity contribution in [1.29, 1.82) is 0 Å². The summed E-state index contributed by atoms with van der Waals surface area (Å²) in [6.45, 7) is 0. The van der Waals surface area contributed by atoms with Crippen LogP contribution in [0.3, 0.4) is 0 Å². The van der Waals surface area contributed by atoms with E-state index in [4.69, 9.17) is 26.8 Å². The zero-order valence-corrected chi connectivity index (χ0v) is 17.1. The highest BCUT2D eigenvalue weighted by Crippen LogP contribution is 2.30. The van der Waals surface area contributed by atoms with Gasteiger partial charge in [-0.2, -0.15) is 13.2 Å². The number of nitrogens with zero attached hydrogens (tertiary/aromatic N) is 2. The molecule has 1 aromatic heterocycles. The zero-order valence-electron chi connectivity index (χ0n) is 16.4. The summed E-state index contributed by atoms with van der Waals surface area (Å²) >= 11 is 5.87. The number of hydrogen-bond acceptors (Lipinski definition) is 5. The number of hydrogen-bond donors (Lipinski definition) is 1. The Kier molecular flexibility index (Phi) is 6.54. The van der Waals surface area contributed by atoms with Crippen molar-refractivity contribution in [2.24, 2.45) is 5.73 Å². The molecule has 3 aromatic rings. The number of pyridine rings is 1. The maximum Gasteiger partial charge on any atom is 0.419 e. The smallest absolute Gasteiger partial charge is 0.419 e. The fourth-order valence-corrected chi connectivity index (χ4v) is 2.74. The Balaban J connectivity index is 1.67. The van der Waals surface area contributed by atoms with Crippen LogP contribution in [0.4, 0.5) is 23.7 Å². The molecule has 166 valence electrons. The summed E-state index contributed by atoms with van der Waals surface area (Å²) in [5.41, 5.74) is 4.69. The highest BCUT2D eigenvalue weighted by molar-refractivity contribution is 6.31. The van der Waals surface area contributed by atoms with Gasteiger partial charge in [0.05, 0.1) is 16.8 Å². The minimum Gasteiger partial charge on any atom is -0.439 e. The maximum absolute atomic E-state index is 12.6. The quantitative estimate of drug-likeness (QED) is 0.553. The second-order valence-electron chi connectivity index (χ2n) is 6.41. The zero-order chi connectivity index (χ0) is 23.5. The highest BCUT2D eigenvalue weighted by Gasteiger charge is 2.30. The first-order valence-corrected chi connectivity index (χ1v) is 9.28. The highest BCUT2D eigenvalue weighted by atomic mass is 35.5. The minimum absolute atomic E-state index is 0.0378. The number of anilines is 1. The van der Waals surface area contributed by atoms with E-state index in [2.05, 4.69) is 4.98 Å². The van der Waals surface area contributed by atoms with Gasteiger partial charge in [0, 0.05) is 24.3 Å². The molecule has 2 N–H and O–H groups in total. The van der Waals surface area contributed by atoms with Crippen molar-refractivity contribution in [3.8, 4) is 17.4 Å². The molecule has 0 fully saturated rings. The van der Waals surface area contributed by atoms with Crippen LogP contribution in [0.1, 0.15) is 15.9 Å². The van der Waals surface area contributed by atoms with Gasteiger partial charge >= 0.3 is 12.3 Å². The number of rotatable bonds is 5. The molecule has 11 heteroatoms. The van der Waals surface area contributed by atoms with Crippen molar-refractivity contribution >= 4 is 29.3 Å². The number of benzene rings is 2. The number of halogens is 4. The Morgan fingerprint density at radius 1 is 1.03 bits per heavy atom. The topological polar surface area (TPSA) is 94.8 Å². The van der Waals surface area contributed by atoms with Gasteiger partial charge in [0.15, 0.2) is 0 Å². The molecule has 0 radical (unpaired) electrons. The average Bonchev–Trinajstić information content (AvgIpc) is 2.74. The number of nitrogens with two attached hydrogens (primary N) is 1. The summed E-state index contributed by atoms with van der Waals surface area (Å²) in [5, 5.41) is 0.280. The molecule has 0 atom stereocenters. The van der Waals surface area contributed by atoms with Gasteiger partial charge in [0.25, 0.3) is 5.91 Å². The number of primary amides is 1. The molecule has 0 aliphatic rings. The van der Waals surface area contributed by atoms with Gasteiger partial charge in [-0.05, 0) is 48.5 Å². The number of alkyl halides is 3. The van der Waals surface area contributed by atoms with Gasteiger partial charge in [-0.25, -0.2) is 9.78 Å². The first-order chi connectivity index (χ1) is 15.0. The summed E-state index contributed by atoms with van der Waals surface area (Å²) in [6.07, 6.45) is -4.62. The van der Waals surface area contributed by atoms with Gasteiger partial charge < -0.3 is 15.2 Å². The van der Waals surface area contributed by atoms with Crippen molar-refractivity contribution in [1.82, 2.24) is 4.98 Å². The lowest BCUT2D eigenvalue weighted by Crippen LogP contribution is -2.31. The van der Waals surface area contributed by atoms with Crippen molar-refractivity contribution in [2.45, 2.75) is 6.18 Å². The lowest BCUT2D eigenvalue weighted by Gasteiger charge is -2.19. The van der Waals surface area contributed by atoms with E-state index in [1.165, 1.54) is 49.5 Å². The normalized spacial score (nSPS) is 11.0. The molecule has 0 aliphatic carbocycles. The molecular formula is C21H15ClF3N3O4.